The zero-order valence-corrected chi connectivity index (χ0v) is 12.3. The first-order valence-corrected chi connectivity index (χ1v) is 6.59. The molecule has 21 heavy (non-hydrogen) atoms. The molecule has 1 aromatic carbocycles. The Morgan fingerprint density at radius 1 is 1.43 bits per heavy atom. The molecule has 0 saturated heterocycles. The summed E-state index contributed by atoms with van der Waals surface area (Å²) in [6, 6.07) is 6.45. The van der Waals surface area contributed by atoms with E-state index in [-0.39, 0.29) is 5.56 Å². The summed E-state index contributed by atoms with van der Waals surface area (Å²) in [7, 11) is 1.93. The molecule has 6 nitrogen and oxygen atoms in total. The van der Waals surface area contributed by atoms with Crippen molar-refractivity contribution in [2.75, 3.05) is 25.1 Å². The molecule has 0 unspecified atom stereocenters. The Hall–Kier alpha value is -2.50. The molecule has 0 aliphatic rings. The average molecular weight is 290 g/mol. The molecule has 0 aliphatic heterocycles. The van der Waals surface area contributed by atoms with Crippen LogP contribution in [0.3, 0.4) is 0 Å². The van der Waals surface area contributed by atoms with E-state index in [4.69, 9.17) is 14.4 Å². The van der Waals surface area contributed by atoms with Gasteiger partial charge in [-0.05, 0) is 32.0 Å². The molecule has 0 bridgehead atoms. The zero-order chi connectivity index (χ0) is 15.4. The molecule has 0 amide bonds. The predicted molar refractivity (Wildman–Crippen MR) is 78.1 cm³/mol. The smallest absolute Gasteiger partial charge is 0.335 e. The Balaban J connectivity index is 1.92. The number of carbonyl (C=O) groups is 1. The van der Waals surface area contributed by atoms with E-state index in [1.807, 2.05) is 25.8 Å². The van der Waals surface area contributed by atoms with Crippen LogP contribution in [0.1, 0.15) is 21.8 Å². The van der Waals surface area contributed by atoms with Gasteiger partial charge in [0.15, 0.2) is 5.76 Å². The molecule has 0 radical (unpaired) electrons. The first-order valence-electron chi connectivity index (χ1n) is 6.59. The van der Waals surface area contributed by atoms with E-state index < -0.39 is 5.97 Å². The molecule has 6 heteroatoms. The first-order chi connectivity index (χ1) is 9.99. The van der Waals surface area contributed by atoms with Crippen molar-refractivity contribution in [3.63, 3.8) is 0 Å². The molecule has 0 atom stereocenters. The number of benzene rings is 1. The SMILES string of the molecule is Cc1noc(C)c1N(C)CCOc1cccc(C(=O)O)c1. The van der Waals surface area contributed by atoms with Crippen molar-refractivity contribution in [3.8, 4) is 5.75 Å². The number of rotatable bonds is 6. The topological polar surface area (TPSA) is 75.8 Å². The zero-order valence-electron chi connectivity index (χ0n) is 12.3. The minimum atomic E-state index is -0.965. The van der Waals surface area contributed by atoms with Crippen LogP contribution in [0.25, 0.3) is 0 Å². The van der Waals surface area contributed by atoms with Crippen molar-refractivity contribution >= 4 is 11.7 Å². The third-order valence-electron chi connectivity index (χ3n) is 3.15. The van der Waals surface area contributed by atoms with Crippen molar-refractivity contribution in [1.29, 1.82) is 0 Å². The van der Waals surface area contributed by atoms with Crippen LogP contribution < -0.4 is 9.64 Å². The molecule has 0 saturated carbocycles. The Bertz CT molecular complexity index is 617. The molecular formula is C15H18N2O4. The summed E-state index contributed by atoms with van der Waals surface area (Å²) in [5, 5.41) is 12.8. The lowest BCUT2D eigenvalue weighted by molar-refractivity contribution is 0.0696. The maximum absolute atomic E-state index is 10.9. The van der Waals surface area contributed by atoms with Crippen LogP contribution in [0.5, 0.6) is 5.75 Å². The number of anilines is 1. The Kier molecular flexibility index (Phi) is 4.47. The number of ether oxygens (including phenoxy) is 1. The summed E-state index contributed by atoms with van der Waals surface area (Å²) >= 11 is 0. The normalized spacial score (nSPS) is 10.4. The second-order valence-electron chi connectivity index (χ2n) is 4.78. The largest absolute Gasteiger partial charge is 0.492 e. The summed E-state index contributed by atoms with van der Waals surface area (Å²) in [5.74, 6) is 0.346. The molecule has 0 fully saturated rings. The third kappa shape index (κ3) is 3.53. The number of likely N-dealkylation sites (N-methyl/N-ethyl adjacent to an activating group) is 1. The standard InChI is InChI=1S/C15H18N2O4/c1-10-14(11(2)21-16-10)17(3)7-8-20-13-6-4-5-12(9-13)15(18)19/h4-6,9H,7-8H2,1-3H3,(H,18,19). The van der Waals surface area contributed by atoms with E-state index >= 15 is 0 Å². The lowest BCUT2D eigenvalue weighted by atomic mass is 10.2. The van der Waals surface area contributed by atoms with E-state index in [1.165, 1.54) is 12.1 Å². The van der Waals surface area contributed by atoms with Crippen LogP contribution in [0.2, 0.25) is 0 Å². The van der Waals surface area contributed by atoms with Crippen molar-refractivity contribution < 1.29 is 19.2 Å². The van der Waals surface area contributed by atoms with Gasteiger partial charge in [-0.25, -0.2) is 4.79 Å². The highest BCUT2D eigenvalue weighted by atomic mass is 16.5. The highest BCUT2D eigenvalue weighted by molar-refractivity contribution is 5.87. The predicted octanol–water partition coefficient (Wildman–Crippen LogP) is 2.50. The van der Waals surface area contributed by atoms with Gasteiger partial charge in [-0.15, -0.1) is 0 Å². The molecule has 112 valence electrons. The van der Waals surface area contributed by atoms with E-state index in [0.717, 1.165) is 17.1 Å². The van der Waals surface area contributed by atoms with E-state index in [2.05, 4.69) is 5.16 Å². The molecule has 1 aromatic heterocycles. The molecule has 0 aliphatic carbocycles. The van der Waals surface area contributed by atoms with Gasteiger partial charge in [0.2, 0.25) is 0 Å². The maximum atomic E-state index is 10.9. The fourth-order valence-corrected chi connectivity index (χ4v) is 2.15. The molecule has 0 spiro atoms. The summed E-state index contributed by atoms with van der Waals surface area (Å²) in [6.45, 7) is 4.83. The van der Waals surface area contributed by atoms with Crippen LogP contribution in [0, 0.1) is 13.8 Å². The number of hydrogen-bond acceptors (Lipinski definition) is 5. The van der Waals surface area contributed by atoms with Gasteiger partial charge >= 0.3 is 5.97 Å². The quantitative estimate of drug-likeness (QED) is 0.881. The molecule has 1 N–H and O–H groups in total. The van der Waals surface area contributed by atoms with Crippen molar-refractivity contribution in [2.45, 2.75) is 13.8 Å². The summed E-state index contributed by atoms with van der Waals surface area (Å²) < 4.78 is 10.7. The third-order valence-corrected chi connectivity index (χ3v) is 3.15. The number of aromatic carboxylic acids is 1. The number of carboxylic acids is 1. The first kappa shape index (κ1) is 14.9. The fourth-order valence-electron chi connectivity index (χ4n) is 2.15. The maximum Gasteiger partial charge on any atom is 0.335 e. The van der Waals surface area contributed by atoms with Crippen LogP contribution in [0.4, 0.5) is 5.69 Å². The van der Waals surface area contributed by atoms with Gasteiger partial charge in [0.25, 0.3) is 0 Å². The second kappa shape index (κ2) is 6.30. The second-order valence-corrected chi connectivity index (χ2v) is 4.78. The lowest BCUT2D eigenvalue weighted by Crippen LogP contribution is -2.24. The van der Waals surface area contributed by atoms with Gasteiger partial charge < -0.3 is 19.3 Å². The van der Waals surface area contributed by atoms with Crippen molar-refractivity contribution in [1.82, 2.24) is 5.16 Å². The van der Waals surface area contributed by atoms with Crippen LogP contribution >= 0.6 is 0 Å². The molecule has 1 heterocycles. The number of aromatic nitrogens is 1. The minimum Gasteiger partial charge on any atom is -0.492 e. The van der Waals surface area contributed by atoms with E-state index in [1.54, 1.807) is 12.1 Å². The Morgan fingerprint density at radius 3 is 2.81 bits per heavy atom. The van der Waals surface area contributed by atoms with Gasteiger partial charge in [-0.3, -0.25) is 0 Å². The Labute approximate surface area is 122 Å². The molecular weight excluding hydrogens is 272 g/mol. The monoisotopic (exact) mass is 290 g/mol. The average Bonchev–Trinajstić information content (AvgIpc) is 2.78. The number of carboxylic acid groups (broad SMARTS) is 1. The highest BCUT2D eigenvalue weighted by Gasteiger charge is 2.13. The number of nitrogens with zero attached hydrogens (tertiary/aromatic N) is 2. The summed E-state index contributed by atoms with van der Waals surface area (Å²) in [5.41, 5.74) is 2.01. The van der Waals surface area contributed by atoms with E-state index in [0.29, 0.717) is 18.9 Å². The van der Waals surface area contributed by atoms with Crippen molar-refractivity contribution in [2.24, 2.45) is 0 Å². The van der Waals surface area contributed by atoms with Gasteiger partial charge in [-0.2, -0.15) is 0 Å². The molecule has 2 aromatic rings. The summed E-state index contributed by atoms with van der Waals surface area (Å²) in [6.07, 6.45) is 0. The van der Waals surface area contributed by atoms with Gasteiger partial charge in [0, 0.05) is 7.05 Å². The number of aryl methyl sites for hydroxylation is 2. The minimum absolute atomic E-state index is 0.214. The fraction of sp³-hybridized carbons (Fsp3) is 0.333. The van der Waals surface area contributed by atoms with Gasteiger partial charge in [0.1, 0.15) is 23.7 Å². The molecule has 2 rings (SSSR count). The van der Waals surface area contributed by atoms with Crippen LogP contribution in [-0.4, -0.2) is 36.4 Å². The van der Waals surface area contributed by atoms with Crippen LogP contribution in [0.15, 0.2) is 28.8 Å². The van der Waals surface area contributed by atoms with Gasteiger partial charge in [0.05, 0.1) is 12.1 Å². The highest BCUT2D eigenvalue weighted by Crippen LogP contribution is 2.22. The lowest BCUT2D eigenvalue weighted by Gasteiger charge is -2.18. The summed E-state index contributed by atoms with van der Waals surface area (Å²) in [4.78, 5) is 12.9. The van der Waals surface area contributed by atoms with E-state index in [9.17, 15) is 4.79 Å². The number of hydrogen-bond donors (Lipinski definition) is 1. The Morgan fingerprint density at radius 2 is 2.19 bits per heavy atom. The van der Waals surface area contributed by atoms with Crippen molar-refractivity contribution in [3.05, 3.63) is 41.3 Å². The van der Waals surface area contributed by atoms with Gasteiger partial charge in [-0.1, -0.05) is 11.2 Å². The van der Waals surface area contributed by atoms with Crippen LogP contribution in [-0.2, 0) is 0 Å².